The van der Waals surface area contributed by atoms with Crippen molar-refractivity contribution >= 4 is 23.5 Å². The van der Waals surface area contributed by atoms with Gasteiger partial charge in [0.25, 0.3) is 5.56 Å². The fourth-order valence-corrected chi connectivity index (χ4v) is 5.35. The van der Waals surface area contributed by atoms with Crippen molar-refractivity contribution < 1.29 is 51.2 Å². The van der Waals surface area contributed by atoms with Crippen LogP contribution in [-0.2, 0) is 31.6 Å². The molecule has 1 aromatic rings. The molecule has 0 bridgehead atoms. The summed E-state index contributed by atoms with van der Waals surface area (Å²) < 4.78 is 51.6. The van der Waals surface area contributed by atoms with E-state index in [1.165, 1.54) is 0 Å². The van der Waals surface area contributed by atoms with Gasteiger partial charge in [0, 0.05) is 6.20 Å². The number of H-pyrrole nitrogens is 1. The second-order valence-corrected chi connectivity index (χ2v) is 9.95. The standard InChI is InChI=1S/C11H15N2O13P3/c1-2-7-5-13(11(15)12-10(7)14)9-4-3-8(24-9)6-23-28(19,20)26-29(21,22)25-27(16,17)18/h1,5,8-9H,3-4,6H2,(H,19,20)(H,21,22)(H,12,14,15)(H2,16,17,18)/t8-,9+/m0/s1. The number of aromatic nitrogens is 2. The molecule has 0 amide bonds. The molecule has 1 aromatic heterocycles. The van der Waals surface area contributed by atoms with Crippen LogP contribution in [0.4, 0.5) is 0 Å². The van der Waals surface area contributed by atoms with Gasteiger partial charge < -0.3 is 24.3 Å². The molecule has 0 spiro atoms. The first-order valence-corrected chi connectivity index (χ1v) is 12.0. The largest absolute Gasteiger partial charge is 0.490 e. The third-order valence-corrected chi connectivity index (χ3v) is 7.16. The lowest BCUT2D eigenvalue weighted by atomic mass is 10.2. The molecule has 1 saturated heterocycles. The van der Waals surface area contributed by atoms with Crippen LogP contribution in [0.2, 0.25) is 0 Å². The van der Waals surface area contributed by atoms with Gasteiger partial charge in [0.1, 0.15) is 11.8 Å². The Kier molecular flexibility index (Phi) is 7.22. The van der Waals surface area contributed by atoms with Crippen LogP contribution < -0.4 is 11.2 Å². The summed E-state index contributed by atoms with van der Waals surface area (Å²) in [5.74, 6) is 2.09. The second-order valence-electron chi connectivity index (χ2n) is 5.53. The van der Waals surface area contributed by atoms with Crippen LogP contribution in [0.15, 0.2) is 15.8 Å². The molecule has 0 aromatic carbocycles. The van der Waals surface area contributed by atoms with Crippen molar-refractivity contribution in [3.05, 3.63) is 32.6 Å². The zero-order chi connectivity index (χ0) is 22.0. The van der Waals surface area contributed by atoms with Crippen molar-refractivity contribution in [2.45, 2.75) is 25.2 Å². The average molecular weight is 476 g/mol. The number of nitrogens with one attached hydrogen (secondary N) is 1. The van der Waals surface area contributed by atoms with E-state index in [0.29, 0.717) is 0 Å². The molecule has 1 aliphatic rings. The summed E-state index contributed by atoms with van der Waals surface area (Å²) in [4.78, 5) is 60.7. The Morgan fingerprint density at radius 3 is 2.41 bits per heavy atom. The molecule has 0 radical (unpaired) electrons. The zero-order valence-electron chi connectivity index (χ0n) is 14.2. The SMILES string of the molecule is C#Cc1cn([C@H]2CC[C@@H](COP(=O)(O)OP(=O)(O)OP(=O)(O)O)O2)c(=O)[nH]c1=O. The van der Waals surface area contributed by atoms with E-state index in [0.717, 1.165) is 10.8 Å². The lowest BCUT2D eigenvalue weighted by Crippen LogP contribution is -2.33. The smallest absolute Gasteiger partial charge is 0.352 e. The molecule has 1 aliphatic heterocycles. The summed E-state index contributed by atoms with van der Waals surface area (Å²) in [5, 5.41) is 0. The third kappa shape index (κ3) is 7.11. The summed E-state index contributed by atoms with van der Waals surface area (Å²) >= 11 is 0. The Hall–Kier alpha value is -1.39. The minimum Gasteiger partial charge on any atom is -0.352 e. The number of nitrogens with zero attached hydrogens (tertiary/aromatic N) is 1. The number of rotatable bonds is 8. The number of aromatic amines is 1. The topological polar surface area (TPSA) is 224 Å². The summed E-state index contributed by atoms with van der Waals surface area (Å²) in [6, 6.07) is 0. The molecular formula is C11H15N2O13P3. The van der Waals surface area contributed by atoms with Gasteiger partial charge in [-0.15, -0.1) is 6.42 Å². The van der Waals surface area contributed by atoms with E-state index >= 15 is 0 Å². The van der Waals surface area contributed by atoms with Crippen LogP contribution in [-0.4, -0.2) is 41.8 Å². The number of phosphoric acid groups is 3. The predicted octanol–water partition coefficient (Wildman–Crippen LogP) is -0.461. The molecular weight excluding hydrogens is 461 g/mol. The first kappa shape index (κ1) is 23.9. The van der Waals surface area contributed by atoms with Crippen molar-refractivity contribution in [1.82, 2.24) is 9.55 Å². The van der Waals surface area contributed by atoms with E-state index < -0.39 is 53.7 Å². The summed E-state index contributed by atoms with van der Waals surface area (Å²) in [5.41, 5.74) is -1.67. The summed E-state index contributed by atoms with van der Waals surface area (Å²) in [6.45, 7) is -0.652. The van der Waals surface area contributed by atoms with Gasteiger partial charge in [0.05, 0.1) is 12.7 Å². The highest BCUT2D eigenvalue weighted by molar-refractivity contribution is 7.66. The Morgan fingerprint density at radius 2 is 1.83 bits per heavy atom. The maximum Gasteiger partial charge on any atom is 0.490 e. The molecule has 2 unspecified atom stereocenters. The van der Waals surface area contributed by atoms with Crippen LogP contribution in [0, 0.1) is 12.3 Å². The fourth-order valence-electron chi connectivity index (χ4n) is 2.30. The lowest BCUT2D eigenvalue weighted by Gasteiger charge is -2.19. The van der Waals surface area contributed by atoms with Crippen LogP contribution >= 0.6 is 23.5 Å². The van der Waals surface area contributed by atoms with Crippen molar-refractivity contribution in [3.8, 4) is 12.3 Å². The number of phosphoric ester groups is 1. The van der Waals surface area contributed by atoms with E-state index in [1.54, 1.807) is 0 Å². The molecule has 5 N–H and O–H groups in total. The number of hydrogen-bond acceptors (Lipinski definition) is 9. The van der Waals surface area contributed by atoms with Crippen LogP contribution in [0.5, 0.6) is 0 Å². The Bertz CT molecular complexity index is 1060. The lowest BCUT2D eigenvalue weighted by molar-refractivity contribution is -0.0243. The fraction of sp³-hybridized carbons (Fsp3) is 0.455. The summed E-state index contributed by atoms with van der Waals surface area (Å²) in [7, 11) is -16.4. The molecule has 15 nitrogen and oxygen atoms in total. The Balaban J connectivity index is 1.99. The van der Waals surface area contributed by atoms with Crippen LogP contribution in [0.3, 0.4) is 0 Å². The zero-order valence-corrected chi connectivity index (χ0v) is 16.9. The Morgan fingerprint density at radius 1 is 1.17 bits per heavy atom. The molecule has 1 fully saturated rings. The van der Waals surface area contributed by atoms with E-state index in [2.05, 4.69) is 19.1 Å². The third-order valence-electron chi connectivity index (χ3n) is 3.36. The van der Waals surface area contributed by atoms with Crippen molar-refractivity contribution in [2.75, 3.05) is 6.61 Å². The predicted molar refractivity (Wildman–Crippen MR) is 92.2 cm³/mol. The number of hydrogen-bond donors (Lipinski definition) is 5. The molecule has 2 rings (SSSR count). The van der Waals surface area contributed by atoms with Gasteiger partial charge in [0.15, 0.2) is 0 Å². The second kappa shape index (κ2) is 8.77. The average Bonchev–Trinajstić information content (AvgIpc) is 2.98. The van der Waals surface area contributed by atoms with Gasteiger partial charge in [-0.25, -0.2) is 18.5 Å². The van der Waals surface area contributed by atoms with E-state index in [-0.39, 0.29) is 18.4 Å². The highest BCUT2D eigenvalue weighted by atomic mass is 31.3. The Labute approximate surface area is 161 Å². The number of terminal acetylenes is 1. The van der Waals surface area contributed by atoms with Crippen LogP contribution in [0.1, 0.15) is 24.6 Å². The molecule has 4 atom stereocenters. The monoisotopic (exact) mass is 476 g/mol. The van der Waals surface area contributed by atoms with Gasteiger partial charge in [-0.05, 0) is 12.8 Å². The van der Waals surface area contributed by atoms with E-state index in [1.807, 2.05) is 4.98 Å². The minimum absolute atomic E-state index is 0.120. The minimum atomic E-state index is -5.62. The molecule has 2 heterocycles. The van der Waals surface area contributed by atoms with Crippen molar-refractivity contribution in [1.29, 1.82) is 0 Å². The molecule has 29 heavy (non-hydrogen) atoms. The maximum absolute atomic E-state index is 11.9. The highest BCUT2D eigenvalue weighted by Gasteiger charge is 2.41. The van der Waals surface area contributed by atoms with Gasteiger partial charge >= 0.3 is 29.2 Å². The molecule has 18 heteroatoms. The molecule has 162 valence electrons. The number of ether oxygens (including phenoxy) is 1. The van der Waals surface area contributed by atoms with Gasteiger partial charge in [0.2, 0.25) is 0 Å². The van der Waals surface area contributed by atoms with Crippen molar-refractivity contribution in [2.24, 2.45) is 0 Å². The van der Waals surface area contributed by atoms with Gasteiger partial charge in [-0.2, -0.15) is 8.62 Å². The van der Waals surface area contributed by atoms with Crippen molar-refractivity contribution in [3.63, 3.8) is 0 Å². The van der Waals surface area contributed by atoms with E-state index in [4.69, 9.17) is 25.8 Å². The highest BCUT2D eigenvalue weighted by Crippen LogP contribution is 2.66. The van der Waals surface area contributed by atoms with Gasteiger partial charge in [-0.1, -0.05) is 5.92 Å². The summed E-state index contributed by atoms with van der Waals surface area (Å²) in [6.07, 6.45) is 4.93. The molecule has 0 saturated carbocycles. The van der Waals surface area contributed by atoms with Gasteiger partial charge in [-0.3, -0.25) is 18.9 Å². The quantitative estimate of drug-likeness (QED) is 0.237. The van der Waals surface area contributed by atoms with E-state index in [9.17, 15) is 28.2 Å². The first-order chi connectivity index (χ1) is 13.2. The van der Waals surface area contributed by atoms with Crippen LogP contribution in [0.25, 0.3) is 0 Å². The maximum atomic E-state index is 11.9. The molecule has 0 aliphatic carbocycles. The first-order valence-electron chi connectivity index (χ1n) is 7.47. The normalized spacial score (nSPS) is 23.8.